The average molecular weight is 505 g/mol. The molecule has 0 saturated heterocycles. The van der Waals surface area contributed by atoms with E-state index in [1.807, 2.05) is 67.7 Å². The number of hydrogen-bond donors (Lipinski definition) is 0. The molecule has 2 aliphatic heterocycles. The number of ether oxygens (including phenoxy) is 2. The summed E-state index contributed by atoms with van der Waals surface area (Å²) >= 11 is 0. The Morgan fingerprint density at radius 3 is 2.16 bits per heavy atom. The van der Waals surface area contributed by atoms with E-state index in [2.05, 4.69) is 54.0 Å². The first-order chi connectivity index (χ1) is 18.6. The second-order valence-corrected chi connectivity index (χ2v) is 9.96. The zero-order valence-corrected chi connectivity index (χ0v) is 22.1. The van der Waals surface area contributed by atoms with Gasteiger partial charge in [0.2, 0.25) is 0 Å². The smallest absolute Gasteiger partial charge is 0.340 e. The highest BCUT2D eigenvalue weighted by atomic mass is 16.6. The molecule has 4 aromatic carbocycles. The van der Waals surface area contributed by atoms with Crippen molar-refractivity contribution >= 4 is 23.0 Å². The number of para-hydroxylation sites is 1. The Bertz CT molecular complexity index is 1490. The van der Waals surface area contributed by atoms with Gasteiger partial charge in [-0.05, 0) is 61.4 Å². The summed E-state index contributed by atoms with van der Waals surface area (Å²) < 4.78 is 13.0. The van der Waals surface area contributed by atoms with Crippen molar-refractivity contribution in [3.63, 3.8) is 0 Å². The van der Waals surface area contributed by atoms with Gasteiger partial charge in [0.15, 0.2) is 5.60 Å². The molecule has 6 rings (SSSR count). The van der Waals surface area contributed by atoms with E-state index < -0.39 is 5.60 Å². The van der Waals surface area contributed by atoms with Crippen LogP contribution in [0, 0.1) is 0 Å². The average Bonchev–Trinajstić information content (AvgIpc) is 3.25. The van der Waals surface area contributed by atoms with E-state index in [9.17, 15) is 4.79 Å². The number of esters is 1. The van der Waals surface area contributed by atoms with Crippen LogP contribution in [0.4, 0.5) is 17.1 Å². The monoisotopic (exact) mass is 504 g/mol. The van der Waals surface area contributed by atoms with E-state index in [4.69, 9.17) is 9.47 Å². The Morgan fingerprint density at radius 2 is 1.39 bits per heavy atom. The van der Waals surface area contributed by atoms with Gasteiger partial charge in [-0.3, -0.25) is 0 Å². The molecule has 38 heavy (non-hydrogen) atoms. The largest absolute Gasteiger partial charge is 0.456 e. The van der Waals surface area contributed by atoms with Gasteiger partial charge in [-0.1, -0.05) is 50.2 Å². The molecule has 0 amide bonds. The van der Waals surface area contributed by atoms with Crippen LogP contribution in [0.2, 0.25) is 0 Å². The maximum Gasteiger partial charge on any atom is 0.340 e. The van der Waals surface area contributed by atoms with Crippen LogP contribution in [0.15, 0.2) is 91.0 Å². The standard InChI is InChI=1S/C33H32N2O3/c1-4-19-35(20-5-2)25-16-18-30-29(21-25)33(27-14-10-9-13-26(27)32(36)38-33)28-17-15-24(22-31(28)37-30)34(3)23-11-7-6-8-12-23/h6-18,21-22H,4-5,19-20H2,1-3H3. The summed E-state index contributed by atoms with van der Waals surface area (Å²) in [5.74, 6) is 1.08. The molecule has 2 heterocycles. The van der Waals surface area contributed by atoms with Crippen molar-refractivity contribution in [1.82, 2.24) is 0 Å². The summed E-state index contributed by atoms with van der Waals surface area (Å²) in [5.41, 5.74) is 5.26. The fourth-order valence-corrected chi connectivity index (χ4v) is 5.77. The minimum Gasteiger partial charge on any atom is -0.456 e. The highest BCUT2D eigenvalue weighted by molar-refractivity contribution is 5.97. The lowest BCUT2D eigenvalue weighted by molar-refractivity contribution is 0.0224. The normalized spacial score (nSPS) is 16.8. The molecule has 0 fully saturated rings. The Morgan fingerprint density at radius 1 is 0.684 bits per heavy atom. The number of nitrogens with zero attached hydrogens (tertiary/aromatic N) is 2. The van der Waals surface area contributed by atoms with Gasteiger partial charge >= 0.3 is 5.97 Å². The van der Waals surface area contributed by atoms with Gasteiger partial charge in [0.05, 0.1) is 5.56 Å². The molecule has 1 atom stereocenters. The molecule has 1 spiro atoms. The molecule has 5 nitrogen and oxygen atoms in total. The first kappa shape index (κ1) is 24.1. The third-order valence-electron chi connectivity index (χ3n) is 7.56. The van der Waals surface area contributed by atoms with Crippen LogP contribution in [0.5, 0.6) is 11.5 Å². The molecule has 4 aromatic rings. The molecule has 0 radical (unpaired) electrons. The Balaban J connectivity index is 1.54. The predicted molar refractivity (Wildman–Crippen MR) is 152 cm³/mol. The van der Waals surface area contributed by atoms with Gasteiger partial charge in [-0.15, -0.1) is 0 Å². The molecule has 192 valence electrons. The fraction of sp³-hybridized carbons (Fsp3) is 0.242. The number of carbonyl (C=O) groups excluding carboxylic acids is 1. The molecule has 0 N–H and O–H groups in total. The van der Waals surface area contributed by atoms with Gasteiger partial charge in [0.25, 0.3) is 0 Å². The van der Waals surface area contributed by atoms with Crippen LogP contribution in [-0.4, -0.2) is 26.1 Å². The highest BCUT2D eigenvalue weighted by Crippen LogP contribution is 2.57. The van der Waals surface area contributed by atoms with Crippen molar-refractivity contribution < 1.29 is 14.3 Å². The number of carbonyl (C=O) groups is 1. The van der Waals surface area contributed by atoms with Crippen LogP contribution >= 0.6 is 0 Å². The third-order valence-corrected chi connectivity index (χ3v) is 7.56. The quantitative estimate of drug-likeness (QED) is 0.242. The Kier molecular flexibility index (Phi) is 6.07. The van der Waals surface area contributed by atoms with E-state index >= 15 is 0 Å². The summed E-state index contributed by atoms with van der Waals surface area (Å²) in [4.78, 5) is 17.8. The zero-order chi connectivity index (χ0) is 26.3. The molecular weight excluding hydrogens is 472 g/mol. The Labute approximate surface area is 224 Å². The van der Waals surface area contributed by atoms with Crippen LogP contribution in [0.1, 0.15) is 53.7 Å². The van der Waals surface area contributed by atoms with Crippen molar-refractivity contribution in [3.8, 4) is 11.5 Å². The number of fused-ring (bicyclic) bond motifs is 6. The highest BCUT2D eigenvalue weighted by Gasteiger charge is 2.53. The number of anilines is 3. The molecule has 0 aliphatic carbocycles. The Hall–Kier alpha value is -4.25. The van der Waals surface area contributed by atoms with Crippen molar-refractivity contribution in [2.45, 2.75) is 32.3 Å². The predicted octanol–water partition coefficient (Wildman–Crippen LogP) is 7.65. The molecular formula is C33H32N2O3. The third kappa shape index (κ3) is 3.73. The van der Waals surface area contributed by atoms with Gasteiger partial charge in [0.1, 0.15) is 11.5 Å². The van der Waals surface area contributed by atoms with E-state index in [0.717, 1.165) is 59.7 Å². The van der Waals surface area contributed by atoms with Crippen LogP contribution in [0.25, 0.3) is 0 Å². The first-order valence-electron chi connectivity index (χ1n) is 13.4. The lowest BCUT2D eigenvalue weighted by atomic mass is 9.77. The summed E-state index contributed by atoms with van der Waals surface area (Å²) in [7, 11) is 2.04. The maximum absolute atomic E-state index is 13.3. The SMILES string of the molecule is CCCN(CCC)c1ccc2c(c1)C1(OC(=O)c3ccccc31)c1ccc(N(C)c3ccccc3)cc1O2. The van der Waals surface area contributed by atoms with Crippen LogP contribution in [0.3, 0.4) is 0 Å². The van der Waals surface area contributed by atoms with Gasteiger partial charge in [-0.2, -0.15) is 0 Å². The molecule has 0 aromatic heterocycles. The summed E-state index contributed by atoms with van der Waals surface area (Å²) in [5, 5.41) is 0. The fourth-order valence-electron chi connectivity index (χ4n) is 5.77. The van der Waals surface area contributed by atoms with Crippen molar-refractivity contribution in [2.24, 2.45) is 0 Å². The van der Waals surface area contributed by atoms with E-state index in [-0.39, 0.29) is 5.97 Å². The van der Waals surface area contributed by atoms with E-state index in [0.29, 0.717) is 17.1 Å². The zero-order valence-electron chi connectivity index (χ0n) is 22.1. The minimum absolute atomic E-state index is 0.311. The molecule has 0 bridgehead atoms. The van der Waals surface area contributed by atoms with Gasteiger partial charge in [-0.25, -0.2) is 4.79 Å². The van der Waals surface area contributed by atoms with Crippen LogP contribution < -0.4 is 14.5 Å². The summed E-state index contributed by atoms with van der Waals surface area (Å²) in [6, 6.07) is 30.4. The van der Waals surface area contributed by atoms with Gasteiger partial charge in [0, 0.05) is 60.0 Å². The molecule has 1 unspecified atom stereocenters. The maximum atomic E-state index is 13.3. The molecule has 5 heteroatoms. The minimum atomic E-state index is -1.07. The van der Waals surface area contributed by atoms with E-state index in [1.54, 1.807) is 0 Å². The second-order valence-electron chi connectivity index (χ2n) is 9.96. The second kappa shape index (κ2) is 9.56. The summed E-state index contributed by atoms with van der Waals surface area (Å²) in [6.07, 6.45) is 2.11. The van der Waals surface area contributed by atoms with Crippen LogP contribution in [-0.2, 0) is 10.3 Å². The lowest BCUT2D eigenvalue weighted by Crippen LogP contribution is -2.34. The van der Waals surface area contributed by atoms with E-state index in [1.165, 1.54) is 0 Å². The van der Waals surface area contributed by atoms with Crippen molar-refractivity contribution in [2.75, 3.05) is 29.9 Å². The van der Waals surface area contributed by atoms with Gasteiger partial charge < -0.3 is 19.3 Å². The molecule has 2 aliphatic rings. The number of benzene rings is 4. The lowest BCUT2D eigenvalue weighted by Gasteiger charge is -2.38. The van der Waals surface area contributed by atoms with Crippen molar-refractivity contribution in [1.29, 1.82) is 0 Å². The molecule has 0 saturated carbocycles. The first-order valence-corrected chi connectivity index (χ1v) is 13.4. The number of rotatable bonds is 7. The number of hydrogen-bond acceptors (Lipinski definition) is 5. The topological polar surface area (TPSA) is 42.0 Å². The van der Waals surface area contributed by atoms with Crippen molar-refractivity contribution in [3.05, 3.63) is 113 Å². The summed E-state index contributed by atoms with van der Waals surface area (Å²) in [6.45, 7) is 6.31.